The van der Waals surface area contributed by atoms with Crippen LogP contribution in [0.1, 0.15) is 18.3 Å². The molecule has 0 amide bonds. The second-order valence-corrected chi connectivity index (χ2v) is 6.48. The van der Waals surface area contributed by atoms with Crippen LogP contribution in [0, 0.1) is 0 Å². The minimum atomic E-state index is 0.453. The van der Waals surface area contributed by atoms with Gasteiger partial charge >= 0.3 is 0 Å². The second-order valence-electron chi connectivity index (χ2n) is 3.80. The first-order chi connectivity index (χ1) is 9.10. The topological polar surface area (TPSA) is 25.8 Å². The Hall–Kier alpha value is -0.290. The van der Waals surface area contributed by atoms with Gasteiger partial charge in [0.2, 0.25) is 0 Å². The average molecular weight is 378 g/mol. The number of halogens is 3. The van der Waals surface area contributed by atoms with Crippen LogP contribution in [0.25, 0.3) is 0 Å². The molecule has 19 heavy (non-hydrogen) atoms. The molecule has 6 heteroatoms. The van der Waals surface area contributed by atoms with E-state index < -0.39 is 0 Å². The summed E-state index contributed by atoms with van der Waals surface area (Å²) in [4.78, 5) is 9.71. The summed E-state index contributed by atoms with van der Waals surface area (Å²) in [5, 5.41) is 0.905. The van der Waals surface area contributed by atoms with Crippen molar-refractivity contribution in [3.8, 4) is 0 Å². The molecule has 2 rings (SSSR count). The van der Waals surface area contributed by atoms with Gasteiger partial charge in [0.25, 0.3) is 0 Å². The van der Waals surface area contributed by atoms with Crippen molar-refractivity contribution in [2.75, 3.05) is 0 Å². The molecule has 0 aliphatic heterocycles. The van der Waals surface area contributed by atoms with E-state index in [1.807, 2.05) is 31.2 Å². The first-order valence-electron chi connectivity index (χ1n) is 5.69. The van der Waals surface area contributed by atoms with Gasteiger partial charge in [0.05, 0.1) is 5.75 Å². The average Bonchev–Trinajstić information content (AvgIpc) is 2.38. The van der Waals surface area contributed by atoms with Gasteiger partial charge in [-0.15, -0.1) is 11.8 Å². The molecule has 1 aromatic carbocycles. The number of rotatable bonds is 4. The third-order valence-corrected chi connectivity index (χ3v) is 4.65. The van der Waals surface area contributed by atoms with Crippen LogP contribution in [0.2, 0.25) is 10.3 Å². The monoisotopic (exact) mass is 376 g/mol. The molecular weight excluding hydrogens is 367 g/mol. The molecule has 0 aliphatic carbocycles. The van der Waals surface area contributed by atoms with Gasteiger partial charge in [-0.05, 0) is 30.7 Å². The minimum Gasteiger partial charge on any atom is -0.220 e. The molecule has 100 valence electrons. The molecule has 0 fully saturated rings. The number of hydrogen-bond acceptors (Lipinski definition) is 3. The Kier molecular flexibility index (Phi) is 5.51. The summed E-state index contributed by atoms with van der Waals surface area (Å²) in [5.41, 5.74) is 0.806. The maximum atomic E-state index is 6.09. The maximum Gasteiger partial charge on any atom is 0.142 e. The predicted octanol–water partition coefficient (Wildman–Crippen LogP) is 5.40. The Bertz CT molecular complexity index is 552. The summed E-state index contributed by atoms with van der Waals surface area (Å²) < 4.78 is 1.06. The van der Waals surface area contributed by atoms with Crippen molar-refractivity contribution in [2.24, 2.45) is 0 Å². The van der Waals surface area contributed by atoms with Gasteiger partial charge in [-0.3, -0.25) is 0 Å². The lowest BCUT2D eigenvalue weighted by Crippen LogP contribution is -1.98. The number of hydrogen-bond donors (Lipinski definition) is 0. The number of thioether (sulfide) groups is 1. The SMILES string of the molecule is CCc1c(Cl)nc(CSc2ccc(Br)cc2)nc1Cl. The summed E-state index contributed by atoms with van der Waals surface area (Å²) >= 11 is 17.2. The summed E-state index contributed by atoms with van der Waals surface area (Å²) in [6.45, 7) is 1.98. The fourth-order valence-corrected chi connectivity index (χ4v) is 3.21. The predicted molar refractivity (Wildman–Crippen MR) is 85.1 cm³/mol. The molecule has 2 nitrogen and oxygen atoms in total. The van der Waals surface area contributed by atoms with Crippen molar-refractivity contribution in [1.82, 2.24) is 9.97 Å². The Balaban J connectivity index is 2.09. The molecule has 1 aromatic heterocycles. The van der Waals surface area contributed by atoms with Crippen LogP contribution in [-0.2, 0) is 12.2 Å². The Morgan fingerprint density at radius 3 is 2.21 bits per heavy atom. The smallest absolute Gasteiger partial charge is 0.142 e. The van der Waals surface area contributed by atoms with Crippen LogP contribution in [0.5, 0.6) is 0 Å². The van der Waals surface area contributed by atoms with E-state index in [2.05, 4.69) is 25.9 Å². The first-order valence-corrected chi connectivity index (χ1v) is 8.22. The van der Waals surface area contributed by atoms with E-state index in [1.165, 1.54) is 0 Å². The molecule has 0 atom stereocenters. The normalized spacial score (nSPS) is 10.7. The maximum absolute atomic E-state index is 6.09. The van der Waals surface area contributed by atoms with Crippen LogP contribution in [0.15, 0.2) is 33.6 Å². The highest BCUT2D eigenvalue weighted by Gasteiger charge is 2.10. The molecule has 0 saturated heterocycles. The molecule has 0 bridgehead atoms. The van der Waals surface area contributed by atoms with Crippen LogP contribution in [-0.4, -0.2) is 9.97 Å². The molecule has 2 aromatic rings. The van der Waals surface area contributed by atoms with Gasteiger partial charge in [-0.2, -0.15) is 0 Å². The zero-order valence-corrected chi connectivity index (χ0v) is 14.1. The first kappa shape index (κ1) is 15.1. The summed E-state index contributed by atoms with van der Waals surface area (Å²) in [7, 11) is 0. The van der Waals surface area contributed by atoms with Crippen LogP contribution in [0.3, 0.4) is 0 Å². The van der Waals surface area contributed by atoms with E-state index in [0.29, 0.717) is 21.9 Å². The fourth-order valence-electron chi connectivity index (χ4n) is 1.51. The Labute approximate surface area is 135 Å². The number of nitrogens with zero attached hydrogens (tertiary/aromatic N) is 2. The van der Waals surface area contributed by atoms with Crippen molar-refractivity contribution in [1.29, 1.82) is 0 Å². The van der Waals surface area contributed by atoms with Crippen molar-refractivity contribution in [2.45, 2.75) is 24.0 Å². The third kappa shape index (κ3) is 4.09. The summed E-state index contributed by atoms with van der Waals surface area (Å²) in [5.74, 6) is 1.30. The summed E-state index contributed by atoms with van der Waals surface area (Å²) in [6, 6.07) is 8.09. The lowest BCUT2D eigenvalue weighted by molar-refractivity contribution is 0.979. The van der Waals surface area contributed by atoms with E-state index in [4.69, 9.17) is 23.2 Å². The summed E-state index contributed by atoms with van der Waals surface area (Å²) in [6.07, 6.45) is 0.734. The molecule has 0 N–H and O–H groups in total. The molecule has 0 radical (unpaired) electrons. The highest BCUT2D eigenvalue weighted by molar-refractivity contribution is 9.10. The third-order valence-electron chi connectivity index (χ3n) is 2.49. The van der Waals surface area contributed by atoms with Gasteiger partial charge < -0.3 is 0 Å². The van der Waals surface area contributed by atoms with Crippen LogP contribution < -0.4 is 0 Å². The fraction of sp³-hybridized carbons (Fsp3) is 0.231. The standard InChI is InChI=1S/C13H11BrCl2N2S/c1-2-10-12(15)17-11(18-13(10)16)7-19-9-5-3-8(14)4-6-9/h3-6H,2,7H2,1H3. The molecular formula is C13H11BrCl2N2S. The molecule has 0 unspecified atom stereocenters. The highest BCUT2D eigenvalue weighted by Crippen LogP contribution is 2.26. The molecule has 1 heterocycles. The van der Waals surface area contributed by atoms with Gasteiger partial charge in [0.15, 0.2) is 0 Å². The molecule has 0 saturated carbocycles. The second kappa shape index (κ2) is 6.93. The molecule has 0 spiro atoms. The highest BCUT2D eigenvalue weighted by atomic mass is 79.9. The number of aromatic nitrogens is 2. The van der Waals surface area contributed by atoms with Gasteiger partial charge in [0.1, 0.15) is 16.1 Å². The quantitative estimate of drug-likeness (QED) is 0.526. The van der Waals surface area contributed by atoms with Crippen molar-refractivity contribution >= 4 is 50.9 Å². The van der Waals surface area contributed by atoms with E-state index >= 15 is 0 Å². The van der Waals surface area contributed by atoms with Crippen LogP contribution >= 0.6 is 50.9 Å². The van der Waals surface area contributed by atoms with Crippen molar-refractivity contribution in [3.63, 3.8) is 0 Å². The molecule has 0 aliphatic rings. The van der Waals surface area contributed by atoms with E-state index in [1.54, 1.807) is 11.8 Å². The van der Waals surface area contributed by atoms with Gasteiger partial charge in [-0.25, -0.2) is 9.97 Å². The largest absolute Gasteiger partial charge is 0.220 e. The van der Waals surface area contributed by atoms with Crippen molar-refractivity contribution in [3.05, 3.63) is 50.4 Å². The van der Waals surface area contributed by atoms with Gasteiger partial charge in [0, 0.05) is 14.9 Å². The van der Waals surface area contributed by atoms with E-state index in [-0.39, 0.29) is 0 Å². The zero-order valence-electron chi connectivity index (χ0n) is 10.2. The lowest BCUT2D eigenvalue weighted by atomic mass is 10.3. The number of benzene rings is 1. The van der Waals surface area contributed by atoms with Gasteiger partial charge in [-0.1, -0.05) is 46.1 Å². The Morgan fingerprint density at radius 2 is 1.68 bits per heavy atom. The van der Waals surface area contributed by atoms with E-state index in [9.17, 15) is 0 Å². The minimum absolute atomic E-state index is 0.453. The lowest BCUT2D eigenvalue weighted by Gasteiger charge is -2.06. The Morgan fingerprint density at radius 1 is 1.11 bits per heavy atom. The van der Waals surface area contributed by atoms with E-state index in [0.717, 1.165) is 21.4 Å². The zero-order chi connectivity index (χ0) is 13.8. The van der Waals surface area contributed by atoms with Crippen molar-refractivity contribution < 1.29 is 0 Å². The van der Waals surface area contributed by atoms with Crippen LogP contribution in [0.4, 0.5) is 0 Å².